The lowest BCUT2D eigenvalue weighted by Crippen LogP contribution is -2.18. The number of ether oxygens (including phenoxy) is 1. The first kappa shape index (κ1) is 15.5. The minimum absolute atomic E-state index is 0.146. The van der Waals surface area contributed by atoms with E-state index >= 15 is 0 Å². The topological polar surface area (TPSA) is 62.7 Å². The van der Waals surface area contributed by atoms with Crippen LogP contribution in [0.25, 0.3) is 0 Å². The molecule has 1 amide bonds. The molecule has 0 aromatic heterocycles. The van der Waals surface area contributed by atoms with Gasteiger partial charge in [0.15, 0.2) is 0 Å². The second kappa shape index (κ2) is 7.78. The molecule has 0 radical (unpaired) electrons. The van der Waals surface area contributed by atoms with Crippen LogP contribution in [0.1, 0.15) is 11.1 Å². The lowest BCUT2D eigenvalue weighted by molar-refractivity contribution is 0.140. The second-order valence-corrected chi connectivity index (χ2v) is 4.42. The van der Waals surface area contributed by atoms with Gasteiger partial charge in [0, 0.05) is 18.3 Å². The fourth-order valence-electron chi connectivity index (χ4n) is 1.70. The number of carbonyl (C=O) groups excluding carboxylic acids is 1. The summed E-state index contributed by atoms with van der Waals surface area (Å²) in [6.07, 6.45) is 0.519. The van der Waals surface area contributed by atoms with Gasteiger partial charge >= 0.3 is 6.09 Å². The van der Waals surface area contributed by atoms with Crippen molar-refractivity contribution in [2.24, 2.45) is 5.10 Å². The summed E-state index contributed by atoms with van der Waals surface area (Å²) in [7, 11) is 1.70. The summed E-state index contributed by atoms with van der Waals surface area (Å²) in [6.45, 7) is 0.146. The molecule has 6 heteroatoms. The predicted octanol–water partition coefficient (Wildman–Crippen LogP) is 3.13. The number of hydrogen-bond donors (Lipinski definition) is 2. The van der Waals surface area contributed by atoms with Gasteiger partial charge in [0.1, 0.15) is 12.4 Å². The van der Waals surface area contributed by atoms with Crippen molar-refractivity contribution in [1.29, 1.82) is 0 Å². The highest BCUT2D eigenvalue weighted by molar-refractivity contribution is 5.81. The van der Waals surface area contributed by atoms with Gasteiger partial charge in [-0.25, -0.2) is 14.6 Å². The highest BCUT2D eigenvalue weighted by atomic mass is 19.1. The lowest BCUT2D eigenvalue weighted by atomic mass is 10.2. The molecule has 2 aromatic rings. The first-order chi connectivity index (χ1) is 10.7. The van der Waals surface area contributed by atoms with Crippen LogP contribution in [-0.4, -0.2) is 19.4 Å². The normalized spacial score (nSPS) is 10.5. The van der Waals surface area contributed by atoms with Crippen LogP contribution in [0, 0.1) is 5.82 Å². The van der Waals surface area contributed by atoms with E-state index in [9.17, 15) is 9.18 Å². The van der Waals surface area contributed by atoms with Crippen molar-refractivity contribution in [1.82, 2.24) is 5.43 Å². The Morgan fingerprint density at radius 3 is 2.73 bits per heavy atom. The summed E-state index contributed by atoms with van der Waals surface area (Å²) in [5, 5.41) is 6.49. The molecule has 22 heavy (non-hydrogen) atoms. The van der Waals surface area contributed by atoms with Crippen LogP contribution in [0.5, 0.6) is 0 Å². The SMILES string of the molecule is CNc1ccc(/C=N/NC(=O)OCc2ccccc2)c(F)c1. The molecule has 0 heterocycles. The van der Waals surface area contributed by atoms with Crippen molar-refractivity contribution in [3.8, 4) is 0 Å². The molecule has 0 unspecified atom stereocenters. The fourth-order valence-corrected chi connectivity index (χ4v) is 1.70. The van der Waals surface area contributed by atoms with Crippen LogP contribution in [0.2, 0.25) is 0 Å². The van der Waals surface area contributed by atoms with Crippen LogP contribution in [0.3, 0.4) is 0 Å². The number of carbonyl (C=O) groups is 1. The molecule has 114 valence electrons. The molecule has 0 saturated heterocycles. The first-order valence-corrected chi connectivity index (χ1v) is 6.66. The number of nitrogens with zero attached hydrogens (tertiary/aromatic N) is 1. The van der Waals surface area contributed by atoms with Crippen LogP contribution in [-0.2, 0) is 11.3 Å². The number of hydrazone groups is 1. The number of halogens is 1. The van der Waals surface area contributed by atoms with E-state index in [2.05, 4.69) is 15.8 Å². The van der Waals surface area contributed by atoms with Gasteiger partial charge in [-0.1, -0.05) is 30.3 Å². The molecule has 0 aliphatic heterocycles. The molecule has 2 rings (SSSR count). The van der Waals surface area contributed by atoms with Crippen molar-refractivity contribution in [2.75, 3.05) is 12.4 Å². The zero-order valence-corrected chi connectivity index (χ0v) is 12.0. The van der Waals surface area contributed by atoms with Crippen LogP contribution < -0.4 is 10.7 Å². The predicted molar refractivity (Wildman–Crippen MR) is 83.3 cm³/mol. The van der Waals surface area contributed by atoms with Crippen molar-refractivity contribution in [2.45, 2.75) is 6.61 Å². The molecule has 0 aliphatic carbocycles. The number of nitrogens with one attached hydrogen (secondary N) is 2. The molecule has 0 aliphatic rings. The molecule has 0 bridgehead atoms. The Bertz CT molecular complexity index is 660. The largest absolute Gasteiger partial charge is 0.443 e. The van der Waals surface area contributed by atoms with Gasteiger partial charge in [0.2, 0.25) is 0 Å². The van der Waals surface area contributed by atoms with E-state index in [0.29, 0.717) is 5.69 Å². The van der Waals surface area contributed by atoms with Gasteiger partial charge in [-0.15, -0.1) is 0 Å². The molecule has 0 atom stereocenters. The average Bonchev–Trinajstić information content (AvgIpc) is 2.55. The minimum Gasteiger partial charge on any atom is -0.443 e. The number of hydrogen-bond acceptors (Lipinski definition) is 4. The van der Waals surface area contributed by atoms with Gasteiger partial charge in [0.05, 0.1) is 6.21 Å². The van der Waals surface area contributed by atoms with Crippen molar-refractivity contribution in [3.63, 3.8) is 0 Å². The standard InChI is InChI=1S/C16H16FN3O2/c1-18-14-8-7-13(15(17)9-14)10-19-20-16(21)22-11-12-5-3-2-4-6-12/h2-10,18H,11H2,1H3,(H,20,21)/b19-10+. The van der Waals surface area contributed by atoms with Gasteiger partial charge in [0.25, 0.3) is 0 Å². The van der Waals surface area contributed by atoms with E-state index in [1.54, 1.807) is 19.2 Å². The Labute approximate surface area is 127 Å². The number of rotatable bonds is 5. The molecule has 0 spiro atoms. The van der Waals surface area contributed by atoms with E-state index in [1.807, 2.05) is 30.3 Å². The van der Waals surface area contributed by atoms with Gasteiger partial charge in [-0.3, -0.25) is 0 Å². The number of amides is 1. The van der Waals surface area contributed by atoms with E-state index in [4.69, 9.17) is 4.74 Å². The molecular formula is C16H16FN3O2. The minimum atomic E-state index is -0.702. The summed E-state index contributed by atoms with van der Waals surface area (Å²) >= 11 is 0. The summed E-state index contributed by atoms with van der Waals surface area (Å²) in [5.74, 6) is -0.435. The summed E-state index contributed by atoms with van der Waals surface area (Å²) in [5.41, 5.74) is 3.98. The smallest absolute Gasteiger partial charge is 0.428 e. The Hall–Kier alpha value is -2.89. The Morgan fingerprint density at radius 2 is 2.05 bits per heavy atom. The monoisotopic (exact) mass is 301 g/mol. The quantitative estimate of drug-likeness (QED) is 0.659. The highest BCUT2D eigenvalue weighted by Gasteiger charge is 2.02. The summed E-state index contributed by atoms with van der Waals surface area (Å²) < 4.78 is 18.6. The molecule has 5 nitrogen and oxygen atoms in total. The average molecular weight is 301 g/mol. The molecule has 0 fully saturated rings. The molecule has 2 aromatic carbocycles. The van der Waals surface area contributed by atoms with Crippen molar-refractivity contribution in [3.05, 3.63) is 65.5 Å². The van der Waals surface area contributed by atoms with E-state index < -0.39 is 11.9 Å². The summed E-state index contributed by atoms with van der Waals surface area (Å²) in [4.78, 5) is 11.4. The van der Waals surface area contributed by atoms with E-state index in [1.165, 1.54) is 12.3 Å². The lowest BCUT2D eigenvalue weighted by Gasteiger charge is -2.04. The third-order valence-corrected chi connectivity index (χ3v) is 2.86. The highest BCUT2D eigenvalue weighted by Crippen LogP contribution is 2.12. The molecule has 0 saturated carbocycles. The Kier molecular flexibility index (Phi) is 5.48. The van der Waals surface area contributed by atoms with Gasteiger partial charge in [-0.05, 0) is 23.8 Å². The van der Waals surface area contributed by atoms with Gasteiger partial charge < -0.3 is 10.1 Å². The maximum atomic E-state index is 13.7. The third kappa shape index (κ3) is 4.59. The fraction of sp³-hybridized carbons (Fsp3) is 0.125. The van der Waals surface area contributed by atoms with Crippen molar-refractivity contribution >= 4 is 18.0 Å². The van der Waals surface area contributed by atoms with E-state index in [-0.39, 0.29) is 12.2 Å². The Morgan fingerprint density at radius 1 is 1.27 bits per heavy atom. The third-order valence-electron chi connectivity index (χ3n) is 2.86. The first-order valence-electron chi connectivity index (χ1n) is 6.66. The Balaban J connectivity index is 1.83. The number of anilines is 1. The van der Waals surface area contributed by atoms with Crippen LogP contribution in [0.15, 0.2) is 53.6 Å². The maximum absolute atomic E-state index is 13.7. The number of benzene rings is 2. The zero-order chi connectivity index (χ0) is 15.8. The molecular weight excluding hydrogens is 285 g/mol. The van der Waals surface area contributed by atoms with E-state index in [0.717, 1.165) is 5.56 Å². The van der Waals surface area contributed by atoms with Gasteiger partial charge in [-0.2, -0.15) is 5.10 Å². The molecule has 2 N–H and O–H groups in total. The van der Waals surface area contributed by atoms with Crippen LogP contribution >= 0.6 is 0 Å². The van der Waals surface area contributed by atoms with Crippen LogP contribution in [0.4, 0.5) is 14.9 Å². The van der Waals surface area contributed by atoms with Crippen molar-refractivity contribution < 1.29 is 13.9 Å². The summed E-state index contributed by atoms with van der Waals surface area (Å²) in [6, 6.07) is 13.9. The second-order valence-electron chi connectivity index (χ2n) is 4.42. The maximum Gasteiger partial charge on any atom is 0.428 e. The zero-order valence-electron chi connectivity index (χ0n) is 12.0.